The van der Waals surface area contributed by atoms with E-state index in [4.69, 9.17) is 9.84 Å². The van der Waals surface area contributed by atoms with Crippen LogP contribution in [0, 0.1) is 0 Å². The molecule has 0 amide bonds. The Morgan fingerprint density at radius 1 is 1.24 bits per heavy atom. The van der Waals surface area contributed by atoms with Crippen molar-refractivity contribution in [3.05, 3.63) is 0 Å². The van der Waals surface area contributed by atoms with Crippen molar-refractivity contribution in [1.29, 1.82) is 0 Å². The number of likely N-dealkylation sites (tertiary alicyclic amines) is 1. The number of nitrogens with zero attached hydrogens (tertiary/aromatic N) is 2. The standard InChI is InChI=1S/C12H22N2O3/c15-12(16)11-3-1-5-14(11)6-2-4-13-7-9-17-10-8-13/h11H,1-10H2,(H,15,16)/t11-/m1/s1. The Morgan fingerprint density at radius 2 is 2.00 bits per heavy atom. The molecule has 5 heteroatoms. The second kappa shape index (κ2) is 6.33. The van der Waals surface area contributed by atoms with Gasteiger partial charge in [0.15, 0.2) is 0 Å². The molecule has 2 rings (SSSR count). The molecule has 0 saturated carbocycles. The third-order valence-corrected chi connectivity index (χ3v) is 3.67. The fourth-order valence-corrected chi connectivity index (χ4v) is 2.70. The van der Waals surface area contributed by atoms with E-state index in [2.05, 4.69) is 9.80 Å². The number of carboxylic acids is 1. The van der Waals surface area contributed by atoms with E-state index in [-0.39, 0.29) is 6.04 Å². The molecule has 0 aliphatic carbocycles. The maximum atomic E-state index is 11.0. The van der Waals surface area contributed by atoms with Crippen LogP contribution in [0.4, 0.5) is 0 Å². The van der Waals surface area contributed by atoms with Crippen molar-refractivity contribution in [1.82, 2.24) is 9.80 Å². The van der Waals surface area contributed by atoms with Gasteiger partial charge in [0.05, 0.1) is 13.2 Å². The normalized spacial score (nSPS) is 27.4. The predicted octanol–water partition coefficient (Wildman–Crippen LogP) is 0.258. The fourth-order valence-electron chi connectivity index (χ4n) is 2.70. The molecular formula is C12H22N2O3. The van der Waals surface area contributed by atoms with Gasteiger partial charge in [0.1, 0.15) is 6.04 Å². The van der Waals surface area contributed by atoms with Crippen LogP contribution >= 0.6 is 0 Å². The summed E-state index contributed by atoms with van der Waals surface area (Å²) in [5, 5.41) is 9.06. The SMILES string of the molecule is O=C(O)[C@H]1CCCN1CCCN1CCOCC1. The molecule has 2 aliphatic rings. The third kappa shape index (κ3) is 3.66. The number of ether oxygens (including phenoxy) is 1. The highest BCUT2D eigenvalue weighted by atomic mass is 16.5. The Labute approximate surface area is 102 Å². The maximum absolute atomic E-state index is 11.0. The first-order valence-corrected chi connectivity index (χ1v) is 6.54. The highest BCUT2D eigenvalue weighted by Crippen LogP contribution is 2.17. The molecule has 0 aromatic heterocycles. The molecule has 1 N–H and O–H groups in total. The van der Waals surface area contributed by atoms with Crippen molar-refractivity contribution in [3.63, 3.8) is 0 Å². The van der Waals surface area contributed by atoms with Crippen LogP contribution in [0.15, 0.2) is 0 Å². The van der Waals surface area contributed by atoms with Gasteiger partial charge in [0.25, 0.3) is 0 Å². The molecule has 2 aliphatic heterocycles. The Morgan fingerprint density at radius 3 is 2.71 bits per heavy atom. The number of carbonyl (C=O) groups is 1. The summed E-state index contributed by atoms with van der Waals surface area (Å²) in [5.41, 5.74) is 0. The van der Waals surface area contributed by atoms with Crippen molar-refractivity contribution in [2.24, 2.45) is 0 Å². The summed E-state index contributed by atoms with van der Waals surface area (Å²) in [6.07, 6.45) is 2.89. The Hall–Kier alpha value is -0.650. The summed E-state index contributed by atoms with van der Waals surface area (Å²) in [6.45, 7) is 6.62. The van der Waals surface area contributed by atoms with Gasteiger partial charge in [-0.2, -0.15) is 0 Å². The van der Waals surface area contributed by atoms with E-state index < -0.39 is 5.97 Å². The molecule has 0 unspecified atom stereocenters. The molecule has 2 fully saturated rings. The van der Waals surface area contributed by atoms with Crippen molar-refractivity contribution < 1.29 is 14.6 Å². The second-order valence-electron chi connectivity index (χ2n) is 4.84. The fraction of sp³-hybridized carbons (Fsp3) is 0.917. The Kier molecular flexibility index (Phi) is 4.76. The molecule has 0 aromatic carbocycles. The number of hydrogen-bond acceptors (Lipinski definition) is 4. The van der Waals surface area contributed by atoms with Crippen LogP contribution < -0.4 is 0 Å². The van der Waals surface area contributed by atoms with Gasteiger partial charge in [0.2, 0.25) is 0 Å². The van der Waals surface area contributed by atoms with Crippen molar-refractivity contribution in [2.75, 3.05) is 45.9 Å². The van der Waals surface area contributed by atoms with Gasteiger partial charge in [-0.15, -0.1) is 0 Å². The van der Waals surface area contributed by atoms with Crippen molar-refractivity contribution in [3.8, 4) is 0 Å². The lowest BCUT2D eigenvalue weighted by atomic mass is 10.2. The smallest absolute Gasteiger partial charge is 0.320 e. The first-order valence-electron chi connectivity index (χ1n) is 6.54. The van der Waals surface area contributed by atoms with E-state index in [1.165, 1.54) is 0 Å². The molecule has 1 atom stereocenters. The molecule has 0 aromatic rings. The van der Waals surface area contributed by atoms with Gasteiger partial charge in [-0.05, 0) is 32.4 Å². The van der Waals surface area contributed by atoms with E-state index in [1.807, 2.05) is 0 Å². The number of rotatable bonds is 5. The summed E-state index contributed by atoms with van der Waals surface area (Å²) in [7, 11) is 0. The first-order chi connectivity index (χ1) is 8.27. The van der Waals surface area contributed by atoms with Gasteiger partial charge in [-0.3, -0.25) is 14.6 Å². The minimum atomic E-state index is -0.658. The second-order valence-corrected chi connectivity index (χ2v) is 4.84. The zero-order valence-electron chi connectivity index (χ0n) is 10.3. The van der Waals surface area contributed by atoms with E-state index in [9.17, 15) is 4.79 Å². The highest BCUT2D eigenvalue weighted by Gasteiger charge is 2.29. The molecule has 5 nitrogen and oxygen atoms in total. The lowest BCUT2D eigenvalue weighted by molar-refractivity contribution is -0.142. The lowest BCUT2D eigenvalue weighted by Gasteiger charge is -2.28. The summed E-state index contributed by atoms with van der Waals surface area (Å²) in [6, 6.07) is -0.236. The van der Waals surface area contributed by atoms with E-state index >= 15 is 0 Å². The van der Waals surface area contributed by atoms with E-state index in [0.29, 0.717) is 0 Å². The Bertz CT molecular complexity index is 254. The number of hydrogen-bond donors (Lipinski definition) is 1. The number of carboxylic acid groups (broad SMARTS) is 1. The van der Waals surface area contributed by atoms with Crippen LogP contribution in [0.25, 0.3) is 0 Å². The molecule has 17 heavy (non-hydrogen) atoms. The summed E-state index contributed by atoms with van der Waals surface area (Å²) in [4.78, 5) is 15.5. The average Bonchev–Trinajstić information content (AvgIpc) is 2.79. The van der Waals surface area contributed by atoms with Gasteiger partial charge in [-0.25, -0.2) is 0 Å². The maximum Gasteiger partial charge on any atom is 0.320 e. The quantitative estimate of drug-likeness (QED) is 0.749. The molecular weight excluding hydrogens is 220 g/mol. The van der Waals surface area contributed by atoms with Gasteiger partial charge in [0, 0.05) is 19.6 Å². The topological polar surface area (TPSA) is 53.0 Å². The largest absolute Gasteiger partial charge is 0.480 e. The van der Waals surface area contributed by atoms with Crippen LogP contribution in [0.5, 0.6) is 0 Å². The molecule has 0 bridgehead atoms. The number of morpholine rings is 1. The van der Waals surface area contributed by atoms with Gasteiger partial charge >= 0.3 is 5.97 Å². The molecule has 98 valence electrons. The van der Waals surface area contributed by atoms with Crippen molar-refractivity contribution in [2.45, 2.75) is 25.3 Å². The summed E-state index contributed by atoms with van der Waals surface area (Å²) < 4.78 is 5.30. The lowest BCUT2D eigenvalue weighted by Crippen LogP contribution is -2.40. The molecule has 0 spiro atoms. The molecule has 0 radical (unpaired) electrons. The first kappa shape index (κ1) is 12.8. The van der Waals surface area contributed by atoms with Crippen LogP contribution in [0.1, 0.15) is 19.3 Å². The summed E-state index contributed by atoms with van der Waals surface area (Å²) >= 11 is 0. The van der Waals surface area contributed by atoms with Crippen molar-refractivity contribution >= 4 is 5.97 Å². The van der Waals surface area contributed by atoms with E-state index in [1.54, 1.807) is 0 Å². The average molecular weight is 242 g/mol. The monoisotopic (exact) mass is 242 g/mol. The van der Waals surface area contributed by atoms with Crippen LogP contribution in [0.3, 0.4) is 0 Å². The predicted molar refractivity (Wildman–Crippen MR) is 64.1 cm³/mol. The minimum absolute atomic E-state index is 0.236. The summed E-state index contributed by atoms with van der Waals surface area (Å²) in [5.74, 6) is -0.658. The van der Waals surface area contributed by atoms with Gasteiger partial charge in [-0.1, -0.05) is 0 Å². The zero-order valence-corrected chi connectivity index (χ0v) is 10.3. The molecule has 2 heterocycles. The minimum Gasteiger partial charge on any atom is -0.480 e. The van der Waals surface area contributed by atoms with E-state index in [0.717, 1.165) is 65.2 Å². The van der Waals surface area contributed by atoms with Gasteiger partial charge < -0.3 is 9.84 Å². The molecule has 2 saturated heterocycles. The van der Waals surface area contributed by atoms with Crippen LogP contribution in [-0.4, -0.2) is 72.9 Å². The Balaban J connectivity index is 1.65. The van der Waals surface area contributed by atoms with Crippen LogP contribution in [-0.2, 0) is 9.53 Å². The highest BCUT2D eigenvalue weighted by molar-refractivity contribution is 5.73. The third-order valence-electron chi connectivity index (χ3n) is 3.67. The zero-order chi connectivity index (χ0) is 12.1. The van der Waals surface area contributed by atoms with Crippen LogP contribution in [0.2, 0.25) is 0 Å². The number of aliphatic carboxylic acids is 1.